The Hall–Kier alpha value is -1.43. The molecular weight excluding hydrogens is 348 g/mol. The van der Waals surface area contributed by atoms with Crippen LogP contribution in [0.15, 0.2) is 54.6 Å². The second-order valence-corrected chi connectivity index (χ2v) is 7.31. The van der Waals surface area contributed by atoms with Crippen molar-refractivity contribution in [3.05, 3.63) is 70.7 Å². The number of hydrogen-bond donors (Lipinski definition) is 0. The van der Waals surface area contributed by atoms with Gasteiger partial charge in [-0.15, -0.1) is 0 Å². The van der Waals surface area contributed by atoms with Crippen LogP contribution in [-0.4, -0.2) is 62.0 Å². The van der Waals surface area contributed by atoms with Crippen LogP contribution in [0.3, 0.4) is 0 Å². The number of rotatable bonds is 5. The van der Waals surface area contributed by atoms with Crippen molar-refractivity contribution in [3.8, 4) is 0 Å². The maximum Gasteiger partial charge on any atom is 0.170 e. The summed E-state index contributed by atoms with van der Waals surface area (Å²) in [5.74, 6) is 0. The summed E-state index contributed by atoms with van der Waals surface area (Å²) in [5.41, 5.74) is 2.61. The number of nitrogens with zero attached hydrogens (tertiary/aromatic N) is 2. The zero-order chi connectivity index (χ0) is 17.8. The third-order valence-electron chi connectivity index (χ3n) is 5.17. The predicted octanol–water partition coefficient (Wildman–Crippen LogP) is 3.42. The van der Waals surface area contributed by atoms with E-state index in [0.717, 1.165) is 51.0 Å². The molecule has 0 spiro atoms. The van der Waals surface area contributed by atoms with Gasteiger partial charge in [0.15, 0.2) is 6.29 Å². The molecule has 0 saturated carbocycles. The van der Waals surface area contributed by atoms with Gasteiger partial charge in [0.25, 0.3) is 0 Å². The molecule has 0 radical (unpaired) electrons. The Morgan fingerprint density at radius 2 is 1.46 bits per heavy atom. The van der Waals surface area contributed by atoms with Crippen LogP contribution in [0.2, 0.25) is 5.02 Å². The molecule has 5 heteroatoms. The van der Waals surface area contributed by atoms with E-state index in [-0.39, 0.29) is 12.3 Å². The average molecular weight is 373 g/mol. The smallest absolute Gasteiger partial charge is 0.170 e. The van der Waals surface area contributed by atoms with Crippen molar-refractivity contribution < 1.29 is 9.47 Å². The number of hydrogen-bond acceptors (Lipinski definition) is 4. The second-order valence-electron chi connectivity index (χ2n) is 6.87. The summed E-state index contributed by atoms with van der Waals surface area (Å²) >= 11 is 6.10. The summed E-state index contributed by atoms with van der Waals surface area (Å²) < 4.78 is 11.2. The summed E-state index contributed by atoms with van der Waals surface area (Å²) in [4.78, 5) is 5.00. The lowest BCUT2D eigenvalue weighted by atomic mass is 9.96. The quantitative estimate of drug-likeness (QED) is 0.803. The Morgan fingerprint density at radius 3 is 2.12 bits per heavy atom. The Balaban J connectivity index is 1.47. The number of piperazine rings is 1. The van der Waals surface area contributed by atoms with Crippen molar-refractivity contribution in [1.82, 2.24) is 9.80 Å². The van der Waals surface area contributed by atoms with E-state index in [0.29, 0.717) is 0 Å². The molecule has 2 saturated heterocycles. The molecular formula is C21H25ClN2O2. The van der Waals surface area contributed by atoms with Crippen molar-refractivity contribution >= 4 is 11.6 Å². The fraction of sp³-hybridized carbons (Fsp3) is 0.429. The third kappa shape index (κ3) is 4.27. The van der Waals surface area contributed by atoms with E-state index in [1.807, 2.05) is 12.1 Å². The lowest BCUT2D eigenvalue weighted by molar-refractivity contribution is -0.0685. The highest BCUT2D eigenvalue weighted by molar-refractivity contribution is 6.30. The SMILES string of the molecule is Clc1ccc(C(c2ccccc2)N2CCN(CC3OCCO3)CC2)cc1. The van der Waals surface area contributed by atoms with Crippen LogP contribution in [-0.2, 0) is 9.47 Å². The van der Waals surface area contributed by atoms with E-state index in [1.54, 1.807) is 0 Å². The molecule has 2 heterocycles. The third-order valence-corrected chi connectivity index (χ3v) is 5.42. The number of halogens is 1. The lowest BCUT2D eigenvalue weighted by Gasteiger charge is -2.40. The van der Waals surface area contributed by atoms with Crippen LogP contribution in [0.25, 0.3) is 0 Å². The van der Waals surface area contributed by atoms with Crippen molar-refractivity contribution in [1.29, 1.82) is 0 Å². The van der Waals surface area contributed by atoms with E-state index >= 15 is 0 Å². The van der Waals surface area contributed by atoms with Gasteiger partial charge in [-0.2, -0.15) is 0 Å². The van der Waals surface area contributed by atoms with Gasteiger partial charge in [-0.3, -0.25) is 9.80 Å². The van der Waals surface area contributed by atoms with Gasteiger partial charge >= 0.3 is 0 Å². The van der Waals surface area contributed by atoms with Crippen molar-refractivity contribution in [2.75, 3.05) is 45.9 Å². The van der Waals surface area contributed by atoms with Crippen LogP contribution < -0.4 is 0 Å². The Kier molecular flexibility index (Phi) is 5.88. The minimum Gasteiger partial charge on any atom is -0.349 e. The summed E-state index contributed by atoms with van der Waals surface area (Å²) in [7, 11) is 0. The molecule has 2 aromatic carbocycles. The van der Waals surface area contributed by atoms with Crippen molar-refractivity contribution in [2.24, 2.45) is 0 Å². The molecule has 2 aliphatic rings. The number of benzene rings is 2. The molecule has 0 aliphatic carbocycles. The van der Waals surface area contributed by atoms with Gasteiger partial charge in [-0.1, -0.05) is 54.1 Å². The fourth-order valence-corrected chi connectivity index (χ4v) is 3.95. The first-order valence-corrected chi connectivity index (χ1v) is 9.67. The summed E-state index contributed by atoms with van der Waals surface area (Å²) in [6, 6.07) is 19.2. The van der Waals surface area contributed by atoms with Crippen LogP contribution in [0, 0.1) is 0 Å². The Labute approximate surface area is 160 Å². The second kappa shape index (κ2) is 8.51. The van der Waals surface area contributed by atoms with E-state index in [1.165, 1.54) is 11.1 Å². The van der Waals surface area contributed by atoms with Gasteiger partial charge in [0.05, 0.1) is 19.3 Å². The zero-order valence-corrected chi connectivity index (χ0v) is 15.6. The maximum atomic E-state index is 6.10. The molecule has 2 aromatic rings. The van der Waals surface area contributed by atoms with Crippen LogP contribution in [0.1, 0.15) is 17.2 Å². The average Bonchev–Trinajstić information content (AvgIpc) is 3.19. The molecule has 0 bridgehead atoms. The van der Waals surface area contributed by atoms with Crippen molar-refractivity contribution in [2.45, 2.75) is 12.3 Å². The van der Waals surface area contributed by atoms with Crippen LogP contribution in [0.5, 0.6) is 0 Å². The van der Waals surface area contributed by atoms with E-state index in [2.05, 4.69) is 52.3 Å². The topological polar surface area (TPSA) is 24.9 Å². The van der Waals surface area contributed by atoms with E-state index in [9.17, 15) is 0 Å². The highest BCUT2D eigenvalue weighted by Gasteiger charge is 2.28. The van der Waals surface area contributed by atoms with Crippen LogP contribution in [0.4, 0.5) is 0 Å². The Morgan fingerprint density at radius 1 is 0.846 bits per heavy atom. The zero-order valence-electron chi connectivity index (χ0n) is 14.9. The van der Waals surface area contributed by atoms with E-state index in [4.69, 9.17) is 21.1 Å². The summed E-state index contributed by atoms with van der Waals surface area (Å²) in [6.45, 7) is 6.41. The molecule has 26 heavy (non-hydrogen) atoms. The largest absolute Gasteiger partial charge is 0.349 e. The van der Waals surface area contributed by atoms with Gasteiger partial charge in [0.2, 0.25) is 0 Å². The van der Waals surface area contributed by atoms with Crippen molar-refractivity contribution in [3.63, 3.8) is 0 Å². The summed E-state index contributed by atoms with van der Waals surface area (Å²) in [6.07, 6.45) is -0.0530. The minimum atomic E-state index is -0.0530. The van der Waals surface area contributed by atoms with Gasteiger partial charge in [-0.05, 0) is 23.3 Å². The van der Waals surface area contributed by atoms with Gasteiger partial charge < -0.3 is 9.47 Å². The molecule has 1 atom stereocenters. The molecule has 2 aliphatic heterocycles. The fourth-order valence-electron chi connectivity index (χ4n) is 3.82. The molecule has 1 unspecified atom stereocenters. The molecule has 138 valence electrons. The predicted molar refractivity (Wildman–Crippen MR) is 103 cm³/mol. The Bertz CT molecular complexity index is 681. The normalized spacial score (nSPS) is 21.1. The summed E-state index contributed by atoms with van der Waals surface area (Å²) in [5, 5.41) is 0.780. The molecule has 0 amide bonds. The highest BCUT2D eigenvalue weighted by atomic mass is 35.5. The lowest BCUT2D eigenvalue weighted by Crippen LogP contribution is -2.49. The first-order valence-electron chi connectivity index (χ1n) is 9.29. The number of ether oxygens (including phenoxy) is 2. The molecule has 4 rings (SSSR count). The first-order chi connectivity index (χ1) is 12.8. The molecule has 0 aromatic heterocycles. The molecule has 4 nitrogen and oxygen atoms in total. The van der Waals surface area contributed by atoms with Crippen LogP contribution >= 0.6 is 11.6 Å². The van der Waals surface area contributed by atoms with Gasteiger partial charge in [0.1, 0.15) is 0 Å². The van der Waals surface area contributed by atoms with E-state index < -0.39 is 0 Å². The monoisotopic (exact) mass is 372 g/mol. The van der Waals surface area contributed by atoms with Gasteiger partial charge in [0, 0.05) is 37.7 Å². The standard InChI is InChI=1S/C21H25ClN2O2/c22-19-8-6-18(7-9-19)21(17-4-2-1-3-5-17)24-12-10-23(11-13-24)16-20-25-14-15-26-20/h1-9,20-21H,10-16H2. The minimum absolute atomic E-state index is 0.0530. The highest BCUT2D eigenvalue weighted by Crippen LogP contribution is 2.30. The molecule has 2 fully saturated rings. The first kappa shape index (κ1) is 18.0. The van der Waals surface area contributed by atoms with Gasteiger partial charge in [-0.25, -0.2) is 0 Å². The maximum absolute atomic E-state index is 6.10. The molecule has 0 N–H and O–H groups in total.